The summed E-state index contributed by atoms with van der Waals surface area (Å²) in [5.41, 5.74) is 0.875. The van der Waals surface area contributed by atoms with Crippen molar-refractivity contribution in [2.24, 2.45) is 5.92 Å². The molecule has 0 spiro atoms. The van der Waals surface area contributed by atoms with Crippen molar-refractivity contribution in [3.63, 3.8) is 0 Å². The minimum absolute atomic E-state index is 0.0382. The van der Waals surface area contributed by atoms with E-state index in [2.05, 4.69) is 10.3 Å². The van der Waals surface area contributed by atoms with Crippen LogP contribution in [0.25, 0.3) is 0 Å². The summed E-state index contributed by atoms with van der Waals surface area (Å²) in [4.78, 5) is 23.5. The minimum Gasteiger partial charge on any atom is -0.299 e. The van der Waals surface area contributed by atoms with E-state index in [1.54, 1.807) is 10.9 Å². The molecule has 0 N–H and O–H groups in total. The summed E-state index contributed by atoms with van der Waals surface area (Å²) in [5.74, 6) is 0.0616. The van der Waals surface area contributed by atoms with Crippen molar-refractivity contribution in [2.75, 3.05) is 0 Å². The van der Waals surface area contributed by atoms with Crippen LogP contribution in [0.15, 0.2) is 6.20 Å². The van der Waals surface area contributed by atoms with Crippen molar-refractivity contribution in [1.82, 2.24) is 15.0 Å². The van der Waals surface area contributed by atoms with Crippen LogP contribution in [-0.4, -0.2) is 26.6 Å². The maximum absolute atomic E-state index is 11.9. The highest BCUT2D eigenvalue weighted by Gasteiger charge is 2.18. The quantitative estimate of drug-likeness (QED) is 0.706. The Morgan fingerprint density at radius 1 is 1.33 bits per heavy atom. The van der Waals surface area contributed by atoms with E-state index in [-0.39, 0.29) is 24.0 Å². The van der Waals surface area contributed by atoms with Gasteiger partial charge in [-0.25, -0.2) is 4.68 Å². The average Bonchev–Trinajstić information content (AvgIpc) is 2.82. The Bertz CT molecular complexity index is 412. The molecular weight excluding hydrogens is 230 g/mol. The summed E-state index contributed by atoms with van der Waals surface area (Å²) < 4.78 is 1.55. The van der Waals surface area contributed by atoms with E-state index >= 15 is 0 Å². The predicted molar refractivity (Wildman–Crippen MR) is 68.1 cm³/mol. The molecule has 0 saturated carbocycles. The SMILES string of the molecule is CCC(=O)C(CC)CC(=O)Cn1cc(CC)nn1. The Labute approximate surface area is 108 Å². The van der Waals surface area contributed by atoms with E-state index in [9.17, 15) is 9.59 Å². The van der Waals surface area contributed by atoms with Gasteiger partial charge in [0.15, 0.2) is 5.78 Å². The zero-order valence-corrected chi connectivity index (χ0v) is 11.3. The first kappa shape index (κ1) is 14.5. The zero-order valence-electron chi connectivity index (χ0n) is 11.3. The Kier molecular flexibility index (Phi) is 5.68. The monoisotopic (exact) mass is 251 g/mol. The number of ketones is 2. The Morgan fingerprint density at radius 3 is 2.56 bits per heavy atom. The highest BCUT2D eigenvalue weighted by atomic mass is 16.1. The third-order valence-electron chi connectivity index (χ3n) is 3.06. The molecule has 1 aromatic heterocycles. The number of rotatable bonds is 8. The first-order valence-electron chi connectivity index (χ1n) is 6.54. The van der Waals surface area contributed by atoms with Crippen LogP contribution in [0.5, 0.6) is 0 Å². The van der Waals surface area contributed by atoms with Crippen LogP contribution >= 0.6 is 0 Å². The third-order valence-corrected chi connectivity index (χ3v) is 3.06. The number of carbonyl (C=O) groups excluding carboxylic acids is 2. The molecule has 1 unspecified atom stereocenters. The molecule has 1 heterocycles. The van der Waals surface area contributed by atoms with Crippen molar-refractivity contribution < 1.29 is 9.59 Å². The fourth-order valence-electron chi connectivity index (χ4n) is 1.87. The molecule has 5 heteroatoms. The lowest BCUT2D eigenvalue weighted by atomic mass is 9.93. The second kappa shape index (κ2) is 7.03. The number of aromatic nitrogens is 3. The average molecular weight is 251 g/mol. The first-order chi connectivity index (χ1) is 8.60. The number of nitrogens with zero attached hydrogens (tertiary/aromatic N) is 3. The van der Waals surface area contributed by atoms with Crippen LogP contribution in [0, 0.1) is 5.92 Å². The van der Waals surface area contributed by atoms with Crippen LogP contribution in [0.1, 0.15) is 45.7 Å². The van der Waals surface area contributed by atoms with Crippen LogP contribution in [0.4, 0.5) is 0 Å². The molecule has 5 nitrogen and oxygen atoms in total. The molecule has 1 aromatic rings. The molecule has 0 fully saturated rings. The highest BCUT2D eigenvalue weighted by Crippen LogP contribution is 2.12. The Hall–Kier alpha value is -1.52. The van der Waals surface area contributed by atoms with Crippen molar-refractivity contribution in [3.8, 4) is 0 Å². The lowest BCUT2D eigenvalue weighted by Crippen LogP contribution is -2.20. The van der Waals surface area contributed by atoms with Crippen LogP contribution in [0.3, 0.4) is 0 Å². The Morgan fingerprint density at radius 2 is 2.06 bits per heavy atom. The van der Waals surface area contributed by atoms with Gasteiger partial charge in [0.05, 0.1) is 5.69 Å². The molecule has 1 rings (SSSR count). The van der Waals surface area contributed by atoms with Gasteiger partial charge in [-0.1, -0.05) is 26.0 Å². The van der Waals surface area contributed by atoms with Crippen molar-refractivity contribution in [3.05, 3.63) is 11.9 Å². The third kappa shape index (κ3) is 4.05. The first-order valence-corrected chi connectivity index (χ1v) is 6.54. The second-order valence-corrected chi connectivity index (χ2v) is 4.43. The van der Waals surface area contributed by atoms with Gasteiger partial charge in [0.1, 0.15) is 12.3 Å². The normalized spacial score (nSPS) is 12.4. The smallest absolute Gasteiger partial charge is 0.155 e. The molecule has 0 amide bonds. The number of hydrogen-bond acceptors (Lipinski definition) is 4. The summed E-state index contributed by atoms with van der Waals surface area (Å²) in [6, 6.07) is 0. The van der Waals surface area contributed by atoms with Gasteiger partial charge < -0.3 is 0 Å². The molecule has 0 aliphatic carbocycles. The van der Waals surface area contributed by atoms with E-state index in [0.717, 1.165) is 18.5 Å². The molecular formula is C13H21N3O2. The summed E-state index contributed by atoms with van der Waals surface area (Å²) in [5, 5.41) is 7.82. The van der Waals surface area contributed by atoms with E-state index in [0.29, 0.717) is 12.8 Å². The standard InChI is InChI=1S/C13H21N3O2/c1-4-10(13(18)6-3)7-12(17)9-16-8-11(5-2)14-15-16/h8,10H,4-7,9H2,1-3H3. The molecule has 0 radical (unpaired) electrons. The van der Waals surface area contributed by atoms with Gasteiger partial charge in [0.2, 0.25) is 0 Å². The summed E-state index contributed by atoms with van der Waals surface area (Å²) in [6.07, 6.45) is 4.11. The summed E-state index contributed by atoms with van der Waals surface area (Å²) in [6.45, 7) is 5.97. The fourth-order valence-corrected chi connectivity index (χ4v) is 1.87. The number of Topliss-reactive ketones (excluding diaryl/α,β-unsaturated/α-hetero) is 2. The van der Waals surface area contributed by atoms with Gasteiger partial charge in [-0.2, -0.15) is 0 Å². The predicted octanol–water partition coefficient (Wildman–Crippen LogP) is 1.80. The zero-order chi connectivity index (χ0) is 13.5. The maximum Gasteiger partial charge on any atom is 0.155 e. The highest BCUT2D eigenvalue weighted by molar-refractivity contribution is 5.87. The van der Waals surface area contributed by atoms with Crippen molar-refractivity contribution >= 4 is 11.6 Å². The lowest BCUT2D eigenvalue weighted by Gasteiger charge is -2.11. The molecule has 0 aliphatic heterocycles. The van der Waals surface area contributed by atoms with Gasteiger partial charge in [-0.15, -0.1) is 5.10 Å². The van der Waals surface area contributed by atoms with E-state index in [1.165, 1.54) is 0 Å². The van der Waals surface area contributed by atoms with E-state index in [4.69, 9.17) is 0 Å². The Balaban J connectivity index is 2.52. The molecule has 18 heavy (non-hydrogen) atoms. The van der Waals surface area contributed by atoms with E-state index in [1.807, 2.05) is 20.8 Å². The lowest BCUT2D eigenvalue weighted by molar-refractivity contribution is -0.128. The largest absolute Gasteiger partial charge is 0.299 e. The van der Waals surface area contributed by atoms with Crippen molar-refractivity contribution in [2.45, 2.75) is 53.0 Å². The van der Waals surface area contributed by atoms with Gasteiger partial charge in [-0.3, -0.25) is 9.59 Å². The molecule has 0 saturated heterocycles. The number of carbonyl (C=O) groups is 2. The molecule has 0 aromatic carbocycles. The molecule has 100 valence electrons. The van der Waals surface area contributed by atoms with Crippen LogP contribution in [-0.2, 0) is 22.6 Å². The maximum atomic E-state index is 11.9. The summed E-state index contributed by atoms with van der Waals surface area (Å²) >= 11 is 0. The van der Waals surface area contributed by atoms with Crippen molar-refractivity contribution in [1.29, 1.82) is 0 Å². The summed E-state index contributed by atoms with van der Waals surface area (Å²) in [7, 11) is 0. The topological polar surface area (TPSA) is 64.8 Å². The fraction of sp³-hybridized carbons (Fsp3) is 0.692. The van der Waals surface area contributed by atoms with Gasteiger partial charge in [0, 0.05) is 25.0 Å². The van der Waals surface area contributed by atoms with Crippen LogP contribution in [0.2, 0.25) is 0 Å². The second-order valence-electron chi connectivity index (χ2n) is 4.43. The van der Waals surface area contributed by atoms with E-state index < -0.39 is 0 Å². The number of hydrogen-bond donors (Lipinski definition) is 0. The van der Waals surface area contributed by atoms with Gasteiger partial charge in [-0.05, 0) is 12.8 Å². The van der Waals surface area contributed by atoms with Gasteiger partial charge >= 0.3 is 0 Å². The minimum atomic E-state index is -0.142. The molecule has 1 atom stereocenters. The van der Waals surface area contributed by atoms with Crippen LogP contribution < -0.4 is 0 Å². The number of aryl methyl sites for hydroxylation is 1. The van der Waals surface area contributed by atoms with Gasteiger partial charge in [0.25, 0.3) is 0 Å². The molecule has 0 aliphatic rings. The molecule has 0 bridgehead atoms.